The summed E-state index contributed by atoms with van der Waals surface area (Å²) in [6, 6.07) is 0.516. The number of rotatable bonds is 5. The summed E-state index contributed by atoms with van der Waals surface area (Å²) in [5.74, 6) is 0.0341. The molecular weight excluding hydrogens is 272 g/mol. The van der Waals surface area contributed by atoms with Gasteiger partial charge in [0.1, 0.15) is 0 Å². The van der Waals surface area contributed by atoms with Crippen LogP contribution in [0.25, 0.3) is 0 Å². The standard InChI is InChI=1S/C14H24N4OS/c1-9-14(10(2)17-16-9)15-13(19)8-18(3)11-6-5-7-12(11)20-4/h11-12H,5-8H2,1-4H3,(H,15,19)(H,16,17)/t11-,12-/m1/s1. The van der Waals surface area contributed by atoms with E-state index in [-0.39, 0.29) is 5.91 Å². The maximum atomic E-state index is 12.2. The minimum atomic E-state index is 0.0341. The number of nitrogens with one attached hydrogen (secondary N) is 2. The van der Waals surface area contributed by atoms with Gasteiger partial charge in [0.25, 0.3) is 0 Å². The Morgan fingerprint density at radius 3 is 2.85 bits per heavy atom. The average molecular weight is 296 g/mol. The highest BCUT2D eigenvalue weighted by atomic mass is 32.2. The van der Waals surface area contributed by atoms with Gasteiger partial charge in [-0.1, -0.05) is 6.42 Å². The molecule has 0 saturated heterocycles. The molecule has 5 nitrogen and oxygen atoms in total. The van der Waals surface area contributed by atoms with E-state index in [1.807, 2.05) is 32.7 Å². The number of nitrogens with zero attached hydrogens (tertiary/aromatic N) is 2. The van der Waals surface area contributed by atoms with Crippen LogP contribution in [0, 0.1) is 13.8 Å². The number of H-pyrrole nitrogens is 1. The molecule has 1 aliphatic carbocycles. The minimum Gasteiger partial charge on any atom is -0.322 e. The van der Waals surface area contributed by atoms with E-state index in [2.05, 4.69) is 26.7 Å². The van der Waals surface area contributed by atoms with Crippen LogP contribution >= 0.6 is 11.8 Å². The third-order valence-electron chi connectivity index (χ3n) is 4.07. The molecule has 1 aromatic rings. The Hall–Kier alpha value is -1.01. The van der Waals surface area contributed by atoms with Crippen molar-refractivity contribution in [1.29, 1.82) is 0 Å². The number of hydrogen-bond donors (Lipinski definition) is 2. The zero-order chi connectivity index (χ0) is 14.7. The van der Waals surface area contributed by atoms with Crippen LogP contribution in [0.1, 0.15) is 30.7 Å². The molecule has 1 aliphatic rings. The Balaban J connectivity index is 1.91. The van der Waals surface area contributed by atoms with Crippen molar-refractivity contribution in [2.45, 2.75) is 44.4 Å². The van der Waals surface area contributed by atoms with Crippen LogP contribution in [0.3, 0.4) is 0 Å². The van der Waals surface area contributed by atoms with Gasteiger partial charge in [-0.2, -0.15) is 16.9 Å². The summed E-state index contributed by atoms with van der Waals surface area (Å²) in [6.45, 7) is 4.25. The van der Waals surface area contributed by atoms with Crippen LogP contribution in [-0.2, 0) is 4.79 Å². The summed E-state index contributed by atoms with van der Waals surface area (Å²) in [4.78, 5) is 14.4. The first-order valence-corrected chi connectivity index (χ1v) is 8.36. The zero-order valence-electron chi connectivity index (χ0n) is 12.7. The fourth-order valence-corrected chi connectivity index (χ4v) is 4.00. The summed E-state index contributed by atoms with van der Waals surface area (Å²) in [7, 11) is 2.05. The number of aromatic amines is 1. The molecule has 0 bridgehead atoms. The van der Waals surface area contributed by atoms with Crippen molar-refractivity contribution in [1.82, 2.24) is 15.1 Å². The van der Waals surface area contributed by atoms with Crippen LogP contribution in [0.4, 0.5) is 5.69 Å². The van der Waals surface area contributed by atoms with E-state index in [9.17, 15) is 4.79 Å². The normalized spacial score (nSPS) is 22.4. The molecule has 1 fully saturated rings. The van der Waals surface area contributed by atoms with Gasteiger partial charge in [-0.05, 0) is 40.0 Å². The molecule has 1 heterocycles. The number of aromatic nitrogens is 2. The molecule has 2 atom stereocenters. The van der Waals surface area contributed by atoms with Crippen molar-refractivity contribution in [3.8, 4) is 0 Å². The smallest absolute Gasteiger partial charge is 0.238 e. The molecule has 1 amide bonds. The van der Waals surface area contributed by atoms with Gasteiger partial charge in [-0.25, -0.2) is 0 Å². The number of carbonyl (C=O) groups excluding carboxylic acids is 1. The number of amides is 1. The summed E-state index contributed by atoms with van der Waals surface area (Å²) in [5, 5.41) is 10.6. The lowest BCUT2D eigenvalue weighted by molar-refractivity contribution is -0.117. The molecule has 112 valence electrons. The number of aryl methyl sites for hydroxylation is 2. The predicted octanol–water partition coefficient (Wildman–Crippen LogP) is 2.18. The second-order valence-corrected chi connectivity index (χ2v) is 6.62. The largest absolute Gasteiger partial charge is 0.322 e. The van der Waals surface area contributed by atoms with Crippen LogP contribution in [0.2, 0.25) is 0 Å². The molecule has 0 spiro atoms. The number of thioether (sulfide) groups is 1. The third-order valence-corrected chi connectivity index (χ3v) is 5.23. The van der Waals surface area contributed by atoms with E-state index in [0.717, 1.165) is 17.1 Å². The quantitative estimate of drug-likeness (QED) is 0.874. The third kappa shape index (κ3) is 3.35. The fraction of sp³-hybridized carbons (Fsp3) is 0.714. The highest BCUT2D eigenvalue weighted by Crippen LogP contribution is 2.31. The molecule has 1 aromatic heterocycles. The van der Waals surface area contributed by atoms with E-state index in [1.54, 1.807) is 0 Å². The molecular formula is C14H24N4OS. The van der Waals surface area contributed by atoms with Crippen LogP contribution < -0.4 is 5.32 Å². The maximum absolute atomic E-state index is 12.2. The van der Waals surface area contributed by atoms with Crippen LogP contribution in [0.15, 0.2) is 0 Å². The summed E-state index contributed by atoms with van der Waals surface area (Å²) in [6.07, 6.45) is 5.88. The van der Waals surface area contributed by atoms with Gasteiger partial charge >= 0.3 is 0 Å². The Bertz CT molecular complexity index is 454. The molecule has 0 aliphatic heterocycles. The van der Waals surface area contributed by atoms with Crippen LogP contribution in [-0.4, -0.2) is 52.1 Å². The van der Waals surface area contributed by atoms with Gasteiger partial charge in [-0.15, -0.1) is 0 Å². The van der Waals surface area contributed by atoms with Gasteiger partial charge in [0.15, 0.2) is 0 Å². The number of anilines is 1. The molecule has 0 radical (unpaired) electrons. The fourth-order valence-electron chi connectivity index (χ4n) is 2.94. The van der Waals surface area contributed by atoms with Crippen LogP contribution in [0.5, 0.6) is 0 Å². The van der Waals surface area contributed by atoms with E-state index in [1.165, 1.54) is 19.3 Å². The van der Waals surface area contributed by atoms with E-state index in [4.69, 9.17) is 0 Å². The lowest BCUT2D eigenvalue weighted by Gasteiger charge is -2.28. The molecule has 1 saturated carbocycles. The molecule has 0 aromatic carbocycles. The van der Waals surface area contributed by atoms with Gasteiger partial charge in [-0.3, -0.25) is 14.8 Å². The van der Waals surface area contributed by atoms with E-state index >= 15 is 0 Å². The van der Waals surface area contributed by atoms with Crippen molar-refractivity contribution < 1.29 is 4.79 Å². The first kappa shape index (κ1) is 15.4. The first-order valence-electron chi connectivity index (χ1n) is 7.07. The Kier molecular flexibility index (Phi) is 5.10. The highest BCUT2D eigenvalue weighted by Gasteiger charge is 2.30. The van der Waals surface area contributed by atoms with Crippen molar-refractivity contribution in [2.75, 3.05) is 25.2 Å². The molecule has 6 heteroatoms. The van der Waals surface area contributed by atoms with Gasteiger partial charge < -0.3 is 5.32 Å². The minimum absolute atomic E-state index is 0.0341. The lowest BCUT2D eigenvalue weighted by atomic mass is 10.2. The average Bonchev–Trinajstić information content (AvgIpc) is 3.00. The van der Waals surface area contributed by atoms with Gasteiger partial charge in [0.05, 0.1) is 23.6 Å². The molecule has 20 heavy (non-hydrogen) atoms. The highest BCUT2D eigenvalue weighted by molar-refractivity contribution is 7.99. The predicted molar refractivity (Wildman–Crippen MR) is 84.3 cm³/mol. The van der Waals surface area contributed by atoms with Gasteiger partial charge in [0.2, 0.25) is 5.91 Å². The van der Waals surface area contributed by atoms with Crippen molar-refractivity contribution in [2.24, 2.45) is 0 Å². The summed E-state index contributed by atoms with van der Waals surface area (Å²) >= 11 is 1.92. The Morgan fingerprint density at radius 2 is 2.25 bits per heavy atom. The monoisotopic (exact) mass is 296 g/mol. The Morgan fingerprint density at radius 1 is 1.50 bits per heavy atom. The summed E-state index contributed by atoms with van der Waals surface area (Å²) in [5.41, 5.74) is 2.55. The number of likely N-dealkylation sites (N-methyl/N-ethyl adjacent to an activating group) is 1. The molecule has 2 rings (SSSR count). The zero-order valence-corrected chi connectivity index (χ0v) is 13.5. The molecule has 0 unspecified atom stereocenters. The topological polar surface area (TPSA) is 61.0 Å². The molecule has 2 N–H and O–H groups in total. The van der Waals surface area contributed by atoms with Gasteiger partial charge in [0, 0.05) is 11.3 Å². The first-order chi connectivity index (χ1) is 9.52. The number of carbonyl (C=O) groups is 1. The second-order valence-electron chi connectivity index (χ2n) is 5.54. The van der Waals surface area contributed by atoms with E-state index in [0.29, 0.717) is 17.8 Å². The maximum Gasteiger partial charge on any atom is 0.238 e. The SMILES string of the molecule is CS[C@@H]1CCC[C@H]1N(C)CC(=O)Nc1c(C)n[nH]c1C. The Labute approximate surface area is 124 Å². The lowest BCUT2D eigenvalue weighted by Crippen LogP contribution is -2.41. The summed E-state index contributed by atoms with van der Waals surface area (Å²) < 4.78 is 0. The van der Waals surface area contributed by atoms with Crippen molar-refractivity contribution >= 4 is 23.4 Å². The second kappa shape index (κ2) is 6.63. The number of hydrogen-bond acceptors (Lipinski definition) is 4. The van der Waals surface area contributed by atoms with Crippen molar-refractivity contribution in [3.63, 3.8) is 0 Å². The van der Waals surface area contributed by atoms with Crippen molar-refractivity contribution in [3.05, 3.63) is 11.4 Å². The van der Waals surface area contributed by atoms with E-state index < -0.39 is 0 Å².